The Kier molecular flexibility index (Phi) is 3.50. The van der Waals surface area contributed by atoms with E-state index in [-0.39, 0.29) is 0 Å². The zero-order valence-corrected chi connectivity index (χ0v) is 11.1. The van der Waals surface area contributed by atoms with Crippen LogP contribution in [0.5, 0.6) is 0 Å². The molecule has 2 rings (SSSR count). The van der Waals surface area contributed by atoms with Gasteiger partial charge in [0.15, 0.2) is 0 Å². The van der Waals surface area contributed by atoms with Crippen molar-refractivity contribution in [1.29, 1.82) is 0 Å². The first kappa shape index (κ1) is 11.5. The zero-order valence-electron chi connectivity index (χ0n) is 8.72. The van der Waals surface area contributed by atoms with Crippen LogP contribution in [-0.2, 0) is 12.8 Å². The molecule has 0 aliphatic heterocycles. The highest BCUT2D eigenvalue weighted by atomic mass is 79.9. The first-order chi connectivity index (χ1) is 7.66. The number of nitrogens with zero attached hydrogens (tertiary/aromatic N) is 3. The number of nitrogens with two attached hydrogens (primary N) is 1. The molecule has 0 unspecified atom stereocenters. The van der Waals surface area contributed by atoms with Crippen LogP contribution in [0, 0.1) is 0 Å². The van der Waals surface area contributed by atoms with E-state index >= 15 is 0 Å². The Bertz CT molecular complexity index is 497. The van der Waals surface area contributed by atoms with Crippen LogP contribution in [0.3, 0.4) is 0 Å². The molecule has 1 aromatic carbocycles. The number of aryl methyl sites for hydroxylation is 1. The number of hydrogen-bond donors (Lipinski definition) is 1. The Hall–Kier alpha value is -1.01. The van der Waals surface area contributed by atoms with E-state index in [1.54, 1.807) is 18.1 Å². The van der Waals surface area contributed by atoms with E-state index in [0.29, 0.717) is 0 Å². The van der Waals surface area contributed by atoms with Gasteiger partial charge in [0.2, 0.25) is 0 Å². The molecular weight excluding hydrogens is 288 g/mol. The lowest BCUT2D eigenvalue weighted by Crippen LogP contribution is -1.95. The summed E-state index contributed by atoms with van der Waals surface area (Å²) in [4.78, 5) is 1.06. The molecule has 0 amide bonds. The highest BCUT2D eigenvalue weighted by Crippen LogP contribution is 2.29. The minimum absolute atomic E-state index is 0.766. The van der Waals surface area contributed by atoms with Gasteiger partial charge in [-0.3, -0.25) is 0 Å². The topological polar surface area (TPSA) is 56.7 Å². The summed E-state index contributed by atoms with van der Waals surface area (Å²) in [5, 5.41) is 7.85. The third-order valence-corrected chi connectivity index (χ3v) is 3.71. The maximum atomic E-state index is 5.91. The molecule has 1 heterocycles. The Morgan fingerprint density at radius 1 is 1.50 bits per heavy atom. The Labute approximate surface area is 106 Å². The molecule has 2 aromatic rings. The van der Waals surface area contributed by atoms with Crippen molar-refractivity contribution in [3.8, 4) is 0 Å². The van der Waals surface area contributed by atoms with Gasteiger partial charge in [0.1, 0.15) is 12.2 Å². The average Bonchev–Trinajstić information content (AvgIpc) is 2.63. The molecule has 16 heavy (non-hydrogen) atoms. The van der Waals surface area contributed by atoms with Crippen molar-refractivity contribution in [2.45, 2.75) is 10.6 Å². The monoisotopic (exact) mass is 298 g/mol. The Balaban J connectivity index is 2.08. The molecule has 4 nitrogen and oxygen atoms in total. The fourth-order valence-corrected chi connectivity index (χ4v) is 2.55. The number of nitrogen functional groups attached to an aromatic ring is 1. The number of thioether (sulfide) groups is 1. The van der Waals surface area contributed by atoms with E-state index in [1.807, 2.05) is 29.8 Å². The first-order valence-electron chi connectivity index (χ1n) is 4.67. The summed E-state index contributed by atoms with van der Waals surface area (Å²) in [5.41, 5.74) is 6.68. The van der Waals surface area contributed by atoms with E-state index in [0.717, 1.165) is 26.6 Å². The molecule has 0 spiro atoms. The number of aromatic nitrogens is 3. The molecule has 0 saturated carbocycles. The molecule has 0 atom stereocenters. The lowest BCUT2D eigenvalue weighted by Gasteiger charge is -2.05. The second kappa shape index (κ2) is 4.88. The average molecular weight is 299 g/mol. The lowest BCUT2D eigenvalue weighted by atomic mass is 10.3. The van der Waals surface area contributed by atoms with Crippen LogP contribution >= 0.6 is 27.7 Å². The van der Waals surface area contributed by atoms with Crippen molar-refractivity contribution in [3.05, 3.63) is 34.8 Å². The second-order valence-corrected chi connectivity index (χ2v) is 5.26. The molecule has 6 heteroatoms. The molecule has 84 valence electrons. The fourth-order valence-electron chi connectivity index (χ4n) is 1.23. The van der Waals surface area contributed by atoms with Gasteiger partial charge in [-0.1, -0.05) is 15.9 Å². The molecule has 0 radical (unpaired) electrons. The van der Waals surface area contributed by atoms with E-state index in [2.05, 4.69) is 26.1 Å². The molecule has 0 aliphatic carbocycles. The summed E-state index contributed by atoms with van der Waals surface area (Å²) < 4.78 is 2.90. The van der Waals surface area contributed by atoms with E-state index in [4.69, 9.17) is 5.73 Å². The van der Waals surface area contributed by atoms with Gasteiger partial charge in [-0.05, 0) is 18.2 Å². The summed E-state index contributed by atoms with van der Waals surface area (Å²) >= 11 is 5.04. The van der Waals surface area contributed by atoms with Crippen molar-refractivity contribution in [1.82, 2.24) is 14.8 Å². The summed E-state index contributed by atoms with van der Waals surface area (Å²) in [6.07, 6.45) is 1.70. The van der Waals surface area contributed by atoms with Crippen LogP contribution in [0.25, 0.3) is 0 Å². The van der Waals surface area contributed by atoms with Crippen LogP contribution in [-0.4, -0.2) is 14.8 Å². The quantitative estimate of drug-likeness (QED) is 0.698. The Morgan fingerprint density at radius 3 is 2.94 bits per heavy atom. The smallest absolute Gasteiger partial charge is 0.142 e. The molecule has 1 aromatic heterocycles. The highest BCUT2D eigenvalue weighted by Gasteiger charge is 2.04. The number of rotatable bonds is 3. The summed E-state index contributed by atoms with van der Waals surface area (Å²) in [6, 6.07) is 5.88. The molecular formula is C10H11BrN4S. The van der Waals surface area contributed by atoms with E-state index in [1.165, 1.54) is 0 Å². The van der Waals surface area contributed by atoms with Crippen LogP contribution in [0.15, 0.2) is 33.9 Å². The van der Waals surface area contributed by atoms with Crippen molar-refractivity contribution in [2.24, 2.45) is 7.05 Å². The lowest BCUT2D eigenvalue weighted by molar-refractivity contribution is 0.849. The van der Waals surface area contributed by atoms with Crippen molar-refractivity contribution < 1.29 is 0 Å². The summed E-state index contributed by atoms with van der Waals surface area (Å²) in [5.74, 6) is 1.70. The minimum atomic E-state index is 0.766. The fraction of sp³-hybridized carbons (Fsp3) is 0.200. The standard InChI is InChI=1S/C10H11BrN4S/c1-15-6-13-14-10(15)5-16-9-3-2-7(11)4-8(9)12/h2-4,6H,5,12H2,1H3. The van der Waals surface area contributed by atoms with Gasteiger partial charge in [-0.25, -0.2) is 0 Å². The molecule has 0 fully saturated rings. The molecule has 0 aliphatic rings. The van der Waals surface area contributed by atoms with Gasteiger partial charge < -0.3 is 10.3 Å². The minimum Gasteiger partial charge on any atom is -0.398 e. The number of halogens is 1. The van der Waals surface area contributed by atoms with Gasteiger partial charge in [0.05, 0.1) is 5.75 Å². The van der Waals surface area contributed by atoms with Crippen molar-refractivity contribution >= 4 is 33.4 Å². The Morgan fingerprint density at radius 2 is 2.31 bits per heavy atom. The number of benzene rings is 1. The predicted octanol–water partition coefficient (Wildman–Crippen LogP) is 2.45. The predicted molar refractivity (Wildman–Crippen MR) is 69.1 cm³/mol. The van der Waals surface area contributed by atoms with Gasteiger partial charge in [0.25, 0.3) is 0 Å². The van der Waals surface area contributed by atoms with Gasteiger partial charge in [-0.2, -0.15) is 0 Å². The molecule has 0 saturated heterocycles. The highest BCUT2D eigenvalue weighted by molar-refractivity contribution is 9.10. The first-order valence-corrected chi connectivity index (χ1v) is 6.45. The number of hydrogen-bond acceptors (Lipinski definition) is 4. The largest absolute Gasteiger partial charge is 0.398 e. The third-order valence-electron chi connectivity index (χ3n) is 2.13. The van der Waals surface area contributed by atoms with Crippen LogP contribution < -0.4 is 5.73 Å². The number of anilines is 1. The SMILES string of the molecule is Cn1cnnc1CSc1ccc(Br)cc1N. The van der Waals surface area contributed by atoms with Crippen LogP contribution in [0.4, 0.5) is 5.69 Å². The summed E-state index contributed by atoms with van der Waals surface area (Å²) in [6.45, 7) is 0. The van der Waals surface area contributed by atoms with Crippen LogP contribution in [0.2, 0.25) is 0 Å². The van der Waals surface area contributed by atoms with Gasteiger partial charge in [0, 0.05) is 22.1 Å². The normalized spacial score (nSPS) is 10.6. The van der Waals surface area contributed by atoms with E-state index in [9.17, 15) is 0 Å². The second-order valence-electron chi connectivity index (χ2n) is 3.33. The van der Waals surface area contributed by atoms with Gasteiger partial charge in [-0.15, -0.1) is 22.0 Å². The van der Waals surface area contributed by atoms with Crippen molar-refractivity contribution in [2.75, 3.05) is 5.73 Å². The third kappa shape index (κ3) is 2.56. The van der Waals surface area contributed by atoms with Gasteiger partial charge >= 0.3 is 0 Å². The maximum Gasteiger partial charge on any atom is 0.142 e. The summed E-state index contributed by atoms with van der Waals surface area (Å²) in [7, 11) is 1.93. The van der Waals surface area contributed by atoms with Crippen molar-refractivity contribution in [3.63, 3.8) is 0 Å². The molecule has 0 bridgehead atoms. The maximum absolute atomic E-state index is 5.91. The van der Waals surface area contributed by atoms with Crippen LogP contribution in [0.1, 0.15) is 5.82 Å². The van der Waals surface area contributed by atoms with E-state index < -0.39 is 0 Å². The molecule has 2 N–H and O–H groups in total. The zero-order chi connectivity index (χ0) is 11.5.